The van der Waals surface area contributed by atoms with Crippen LogP contribution in [0, 0.1) is 0 Å². The standard InChI is InChI=1S/C31H39F3O6/c1-3-5-7-9-21-37-25-17-15-23(16-18-25)22-11-13-24(14-12-22)30(36)38-26-19-20-28(40-29(26)31(32,33)34)39-27(35)10-8-6-4-2/h11-18,26,28-29H,3-10,19-21H2,1-2H3. The molecule has 3 unspecified atom stereocenters. The summed E-state index contributed by atoms with van der Waals surface area (Å²) in [4.78, 5) is 24.6. The average Bonchev–Trinajstić information content (AvgIpc) is 2.94. The number of benzene rings is 2. The van der Waals surface area contributed by atoms with Crippen molar-refractivity contribution in [3.05, 3.63) is 54.1 Å². The smallest absolute Gasteiger partial charge is 0.418 e. The predicted octanol–water partition coefficient (Wildman–Crippen LogP) is 8.03. The van der Waals surface area contributed by atoms with Crippen molar-refractivity contribution >= 4 is 11.9 Å². The van der Waals surface area contributed by atoms with Gasteiger partial charge in [-0.15, -0.1) is 0 Å². The molecule has 0 saturated carbocycles. The maximum Gasteiger partial charge on any atom is 0.418 e. The van der Waals surface area contributed by atoms with Crippen LogP contribution in [0.4, 0.5) is 13.2 Å². The lowest BCUT2D eigenvalue weighted by atomic mass is 10.0. The number of hydrogen-bond donors (Lipinski definition) is 0. The summed E-state index contributed by atoms with van der Waals surface area (Å²) in [5.41, 5.74) is 1.87. The van der Waals surface area contributed by atoms with Crippen LogP contribution in [0.25, 0.3) is 11.1 Å². The van der Waals surface area contributed by atoms with Crippen LogP contribution in [0.5, 0.6) is 5.75 Å². The van der Waals surface area contributed by atoms with E-state index in [1.54, 1.807) is 12.1 Å². The van der Waals surface area contributed by atoms with Crippen LogP contribution in [-0.4, -0.2) is 43.2 Å². The van der Waals surface area contributed by atoms with Gasteiger partial charge in [0.2, 0.25) is 6.29 Å². The van der Waals surface area contributed by atoms with E-state index in [-0.39, 0.29) is 24.8 Å². The highest BCUT2D eigenvalue weighted by Crippen LogP contribution is 2.35. The first-order valence-corrected chi connectivity index (χ1v) is 14.2. The Hall–Kier alpha value is -3.07. The molecule has 6 nitrogen and oxygen atoms in total. The van der Waals surface area contributed by atoms with Gasteiger partial charge in [-0.05, 0) is 54.7 Å². The van der Waals surface area contributed by atoms with Crippen LogP contribution in [0.3, 0.4) is 0 Å². The molecule has 3 rings (SSSR count). The van der Waals surface area contributed by atoms with E-state index in [0.717, 1.165) is 42.6 Å². The zero-order valence-electron chi connectivity index (χ0n) is 23.2. The number of unbranched alkanes of at least 4 members (excludes halogenated alkanes) is 5. The van der Waals surface area contributed by atoms with Gasteiger partial charge in [-0.3, -0.25) is 4.79 Å². The molecule has 0 aromatic heterocycles. The normalized spacial score (nSPS) is 19.2. The van der Waals surface area contributed by atoms with Crippen molar-refractivity contribution in [1.82, 2.24) is 0 Å². The highest BCUT2D eigenvalue weighted by Gasteiger charge is 2.51. The number of carbonyl (C=O) groups is 2. The zero-order chi connectivity index (χ0) is 29.0. The maximum atomic E-state index is 13.7. The molecule has 1 saturated heterocycles. The molecule has 0 radical (unpaired) electrons. The van der Waals surface area contributed by atoms with Gasteiger partial charge < -0.3 is 18.9 Å². The van der Waals surface area contributed by atoms with E-state index in [0.29, 0.717) is 13.0 Å². The quantitative estimate of drug-likeness (QED) is 0.171. The van der Waals surface area contributed by atoms with E-state index in [4.69, 9.17) is 18.9 Å². The summed E-state index contributed by atoms with van der Waals surface area (Å²) in [6.07, 6.45) is -3.23. The van der Waals surface area contributed by atoms with Crippen LogP contribution < -0.4 is 4.74 Å². The fraction of sp³-hybridized carbons (Fsp3) is 0.548. The molecule has 1 aliphatic heterocycles. The summed E-state index contributed by atoms with van der Waals surface area (Å²) in [5.74, 6) is -0.696. The summed E-state index contributed by atoms with van der Waals surface area (Å²) < 4.78 is 62.3. The fourth-order valence-electron chi connectivity index (χ4n) is 4.46. The molecule has 3 atom stereocenters. The Labute approximate surface area is 234 Å². The minimum atomic E-state index is -4.80. The van der Waals surface area contributed by atoms with Crippen molar-refractivity contribution in [2.75, 3.05) is 6.61 Å². The van der Waals surface area contributed by atoms with Gasteiger partial charge in [0.25, 0.3) is 0 Å². The summed E-state index contributed by atoms with van der Waals surface area (Å²) in [7, 11) is 0. The molecule has 1 heterocycles. The number of ether oxygens (including phenoxy) is 4. The summed E-state index contributed by atoms with van der Waals surface area (Å²) in [5, 5.41) is 0. The monoisotopic (exact) mass is 564 g/mol. The number of esters is 2. The van der Waals surface area contributed by atoms with Gasteiger partial charge in [0, 0.05) is 12.8 Å². The molecule has 1 fully saturated rings. The van der Waals surface area contributed by atoms with Gasteiger partial charge >= 0.3 is 18.1 Å². The number of rotatable bonds is 14. The van der Waals surface area contributed by atoms with Crippen molar-refractivity contribution < 1.29 is 41.7 Å². The molecule has 0 amide bonds. The van der Waals surface area contributed by atoms with Crippen LogP contribution in [0.15, 0.2) is 48.5 Å². The van der Waals surface area contributed by atoms with Crippen molar-refractivity contribution in [1.29, 1.82) is 0 Å². The summed E-state index contributed by atoms with van der Waals surface area (Å²) >= 11 is 0. The second-order valence-electron chi connectivity index (χ2n) is 10.0. The minimum absolute atomic E-state index is 0.00142. The average molecular weight is 565 g/mol. The first-order chi connectivity index (χ1) is 19.2. The molecule has 40 heavy (non-hydrogen) atoms. The fourth-order valence-corrected chi connectivity index (χ4v) is 4.46. The highest BCUT2D eigenvalue weighted by molar-refractivity contribution is 5.90. The molecular weight excluding hydrogens is 525 g/mol. The third kappa shape index (κ3) is 9.84. The molecule has 2 aromatic carbocycles. The summed E-state index contributed by atoms with van der Waals surface area (Å²) in [6.45, 7) is 4.81. The Balaban J connectivity index is 1.55. The van der Waals surface area contributed by atoms with Crippen molar-refractivity contribution in [3.8, 4) is 16.9 Å². The lowest BCUT2D eigenvalue weighted by Gasteiger charge is -2.36. The SMILES string of the molecule is CCCCCCOc1ccc(-c2ccc(C(=O)OC3CCC(OC(=O)CCCCC)OC3C(F)(F)F)cc2)cc1. The first-order valence-electron chi connectivity index (χ1n) is 14.2. The molecular formula is C31H39F3O6. The number of hydrogen-bond acceptors (Lipinski definition) is 6. The van der Waals surface area contributed by atoms with E-state index in [1.165, 1.54) is 25.0 Å². The zero-order valence-corrected chi connectivity index (χ0v) is 23.2. The van der Waals surface area contributed by atoms with Crippen LogP contribution >= 0.6 is 0 Å². The first kappa shape index (κ1) is 31.5. The number of halogens is 3. The Morgan fingerprint density at radius 3 is 2.08 bits per heavy atom. The van der Waals surface area contributed by atoms with Crippen molar-refractivity contribution in [3.63, 3.8) is 0 Å². The Kier molecular flexibility index (Phi) is 12.3. The largest absolute Gasteiger partial charge is 0.494 e. The Bertz CT molecular complexity index is 1050. The van der Waals surface area contributed by atoms with Crippen LogP contribution in [0.2, 0.25) is 0 Å². The molecule has 9 heteroatoms. The maximum absolute atomic E-state index is 13.7. The van der Waals surface area contributed by atoms with Gasteiger partial charge in [0.1, 0.15) is 11.9 Å². The molecule has 0 aliphatic carbocycles. The van der Waals surface area contributed by atoms with Crippen LogP contribution in [-0.2, 0) is 19.0 Å². The van der Waals surface area contributed by atoms with Gasteiger partial charge in [-0.1, -0.05) is 70.2 Å². The van der Waals surface area contributed by atoms with E-state index in [2.05, 4.69) is 6.92 Å². The van der Waals surface area contributed by atoms with Crippen molar-refractivity contribution in [2.45, 2.75) is 103 Å². The van der Waals surface area contributed by atoms with Crippen LogP contribution in [0.1, 0.15) is 88.4 Å². The van der Waals surface area contributed by atoms with Gasteiger partial charge in [0.15, 0.2) is 6.10 Å². The third-order valence-electron chi connectivity index (χ3n) is 6.73. The Morgan fingerprint density at radius 1 is 0.825 bits per heavy atom. The summed E-state index contributed by atoms with van der Waals surface area (Å²) in [6, 6.07) is 14.0. The van der Waals surface area contributed by atoms with Gasteiger partial charge in [-0.2, -0.15) is 13.2 Å². The predicted molar refractivity (Wildman–Crippen MR) is 145 cm³/mol. The molecule has 0 bridgehead atoms. The molecule has 0 spiro atoms. The molecule has 2 aromatic rings. The van der Waals surface area contributed by atoms with Gasteiger partial charge in [0.05, 0.1) is 12.2 Å². The second-order valence-corrected chi connectivity index (χ2v) is 10.0. The molecule has 220 valence electrons. The van der Waals surface area contributed by atoms with E-state index in [1.807, 2.05) is 31.2 Å². The van der Waals surface area contributed by atoms with E-state index < -0.39 is 36.6 Å². The van der Waals surface area contributed by atoms with E-state index >= 15 is 0 Å². The van der Waals surface area contributed by atoms with Crippen molar-refractivity contribution in [2.24, 2.45) is 0 Å². The second kappa shape index (κ2) is 15.6. The van der Waals surface area contributed by atoms with E-state index in [9.17, 15) is 22.8 Å². The third-order valence-corrected chi connectivity index (χ3v) is 6.73. The Morgan fingerprint density at radius 2 is 1.45 bits per heavy atom. The highest BCUT2D eigenvalue weighted by atomic mass is 19.4. The topological polar surface area (TPSA) is 71.1 Å². The number of carbonyl (C=O) groups excluding carboxylic acids is 2. The number of alkyl halides is 3. The molecule has 1 aliphatic rings. The van der Waals surface area contributed by atoms with Gasteiger partial charge in [-0.25, -0.2) is 4.79 Å². The lowest BCUT2D eigenvalue weighted by Crippen LogP contribution is -2.50. The lowest BCUT2D eigenvalue weighted by molar-refractivity contribution is -0.305. The molecule has 0 N–H and O–H groups in total. The minimum Gasteiger partial charge on any atom is -0.494 e.